The number of thioether (sulfide) groups is 1. The van der Waals surface area contributed by atoms with Crippen molar-refractivity contribution in [1.82, 2.24) is 20.2 Å². The second-order valence-electron chi connectivity index (χ2n) is 8.12. The maximum absolute atomic E-state index is 12.9. The number of nitro groups is 1. The van der Waals surface area contributed by atoms with Crippen LogP contribution >= 0.6 is 23.1 Å². The first kappa shape index (κ1) is 25.2. The average Bonchev–Trinajstić information content (AvgIpc) is 3.42. The van der Waals surface area contributed by atoms with Crippen molar-refractivity contribution < 1.29 is 9.72 Å². The van der Waals surface area contributed by atoms with E-state index in [4.69, 9.17) is 4.98 Å². The van der Waals surface area contributed by atoms with Crippen LogP contribution in [0.15, 0.2) is 95.5 Å². The Morgan fingerprint density at radius 3 is 2.24 bits per heavy atom. The summed E-state index contributed by atoms with van der Waals surface area (Å²) in [6.45, 7) is 1.76. The fourth-order valence-corrected chi connectivity index (χ4v) is 5.05. The van der Waals surface area contributed by atoms with Gasteiger partial charge >= 0.3 is 0 Å². The van der Waals surface area contributed by atoms with Gasteiger partial charge in [-0.1, -0.05) is 84.6 Å². The largest absolute Gasteiger partial charge is 0.301 e. The standard InChI is InChI=1S/C27H20N6O3S2/c1-17(25(34)30-26-28-22(16-37-26)20-13-8-14-21(15-20)33(35)36)38-27-29-23(18-9-4-2-5-10-18)24(31-32-27)19-11-6-3-7-12-19/h2-17H,1H3,(H,28,30,34). The van der Waals surface area contributed by atoms with Gasteiger partial charge in [0.05, 0.1) is 15.9 Å². The van der Waals surface area contributed by atoms with Crippen LogP contribution in [0.3, 0.4) is 0 Å². The van der Waals surface area contributed by atoms with Crippen molar-refractivity contribution in [3.05, 3.63) is 100 Å². The molecule has 1 atom stereocenters. The molecular formula is C27H20N6O3S2. The van der Waals surface area contributed by atoms with Gasteiger partial charge in [0.15, 0.2) is 5.13 Å². The second-order valence-corrected chi connectivity index (χ2v) is 10.3. The van der Waals surface area contributed by atoms with E-state index in [0.29, 0.717) is 32.9 Å². The number of nitro benzene ring substituents is 1. The molecule has 5 aromatic rings. The molecule has 1 unspecified atom stereocenters. The van der Waals surface area contributed by atoms with Gasteiger partial charge in [-0.15, -0.1) is 21.5 Å². The summed E-state index contributed by atoms with van der Waals surface area (Å²) in [6, 6.07) is 25.7. The molecule has 0 saturated heterocycles. The number of carbonyl (C=O) groups is 1. The van der Waals surface area contributed by atoms with Crippen molar-refractivity contribution in [3.8, 4) is 33.8 Å². The molecule has 1 amide bonds. The predicted octanol–water partition coefficient (Wildman–Crippen LogP) is 6.36. The molecule has 0 spiro atoms. The maximum Gasteiger partial charge on any atom is 0.270 e. The van der Waals surface area contributed by atoms with Gasteiger partial charge in [0.25, 0.3) is 5.69 Å². The SMILES string of the molecule is CC(Sc1nnc(-c2ccccc2)c(-c2ccccc2)n1)C(=O)Nc1nc(-c2cccc([N+](=O)[O-])c2)cs1. The van der Waals surface area contributed by atoms with E-state index < -0.39 is 10.2 Å². The van der Waals surface area contributed by atoms with Crippen molar-refractivity contribution in [3.63, 3.8) is 0 Å². The lowest BCUT2D eigenvalue weighted by Gasteiger charge is -2.12. The summed E-state index contributed by atoms with van der Waals surface area (Å²) >= 11 is 2.44. The Morgan fingerprint density at radius 2 is 1.55 bits per heavy atom. The maximum atomic E-state index is 12.9. The number of benzene rings is 3. The molecule has 0 aliphatic carbocycles. The quantitative estimate of drug-likeness (QED) is 0.137. The zero-order valence-electron chi connectivity index (χ0n) is 20.0. The van der Waals surface area contributed by atoms with E-state index in [9.17, 15) is 14.9 Å². The smallest absolute Gasteiger partial charge is 0.270 e. The monoisotopic (exact) mass is 540 g/mol. The zero-order valence-corrected chi connectivity index (χ0v) is 21.6. The first-order chi connectivity index (χ1) is 18.5. The van der Waals surface area contributed by atoms with Gasteiger partial charge in [-0.2, -0.15) is 0 Å². The van der Waals surface area contributed by atoms with Gasteiger partial charge in [-0.25, -0.2) is 9.97 Å². The predicted molar refractivity (Wildman–Crippen MR) is 149 cm³/mol. The molecule has 38 heavy (non-hydrogen) atoms. The van der Waals surface area contributed by atoms with Gasteiger partial charge in [0.1, 0.15) is 11.4 Å². The van der Waals surface area contributed by atoms with Crippen LogP contribution in [0.4, 0.5) is 10.8 Å². The van der Waals surface area contributed by atoms with Crippen molar-refractivity contribution in [2.24, 2.45) is 0 Å². The third kappa shape index (κ3) is 5.74. The highest BCUT2D eigenvalue weighted by molar-refractivity contribution is 8.00. The minimum absolute atomic E-state index is 0.0205. The van der Waals surface area contributed by atoms with Crippen LogP contribution in [0.25, 0.3) is 33.8 Å². The number of rotatable bonds is 8. The topological polar surface area (TPSA) is 124 Å². The Balaban J connectivity index is 1.32. The molecule has 5 rings (SSSR count). The van der Waals surface area contributed by atoms with Crippen LogP contribution in [-0.2, 0) is 4.79 Å². The van der Waals surface area contributed by atoms with Crippen LogP contribution in [-0.4, -0.2) is 36.2 Å². The molecule has 3 aromatic carbocycles. The van der Waals surface area contributed by atoms with Gasteiger partial charge in [0, 0.05) is 34.2 Å². The number of nitrogens with one attached hydrogen (secondary N) is 1. The van der Waals surface area contributed by atoms with Crippen LogP contribution in [0.5, 0.6) is 0 Å². The summed E-state index contributed by atoms with van der Waals surface area (Å²) in [5.41, 5.74) is 4.27. The van der Waals surface area contributed by atoms with Crippen molar-refractivity contribution in [1.29, 1.82) is 0 Å². The fraction of sp³-hybridized carbons (Fsp3) is 0.0741. The highest BCUT2D eigenvalue weighted by Crippen LogP contribution is 2.31. The lowest BCUT2D eigenvalue weighted by Crippen LogP contribution is -2.22. The Labute approximate surface area is 226 Å². The number of nitrogens with zero attached hydrogens (tertiary/aromatic N) is 5. The summed E-state index contributed by atoms with van der Waals surface area (Å²) in [6.07, 6.45) is 0. The molecule has 1 N–H and O–H groups in total. The summed E-state index contributed by atoms with van der Waals surface area (Å²) in [4.78, 5) is 32.7. The molecule has 0 fully saturated rings. The molecular weight excluding hydrogens is 520 g/mol. The molecule has 11 heteroatoms. The molecule has 9 nitrogen and oxygen atoms in total. The van der Waals surface area contributed by atoms with E-state index in [0.717, 1.165) is 11.1 Å². The number of non-ortho nitro benzene ring substituents is 1. The number of carbonyl (C=O) groups excluding carboxylic acids is 1. The van der Waals surface area contributed by atoms with E-state index >= 15 is 0 Å². The lowest BCUT2D eigenvalue weighted by molar-refractivity contribution is -0.384. The molecule has 0 aliphatic heterocycles. The van der Waals surface area contributed by atoms with Crippen molar-refractivity contribution >= 4 is 39.8 Å². The van der Waals surface area contributed by atoms with E-state index in [1.54, 1.807) is 24.4 Å². The van der Waals surface area contributed by atoms with E-state index in [2.05, 4.69) is 20.5 Å². The van der Waals surface area contributed by atoms with Crippen LogP contribution in [0.2, 0.25) is 0 Å². The second kappa shape index (κ2) is 11.3. The first-order valence-corrected chi connectivity index (χ1v) is 13.3. The van der Waals surface area contributed by atoms with E-state index in [-0.39, 0.29) is 11.6 Å². The van der Waals surface area contributed by atoms with Crippen LogP contribution in [0.1, 0.15) is 6.92 Å². The van der Waals surface area contributed by atoms with Crippen molar-refractivity contribution in [2.75, 3.05) is 5.32 Å². The number of hydrogen-bond acceptors (Lipinski definition) is 9. The molecule has 2 heterocycles. The molecule has 188 valence electrons. The van der Waals surface area contributed by atoms with Gasteiger partial charge < -0.3 is 5.32 Å². The lowest BCUT2D eigenvalue weighted by atomic mass is 10.0. The number of thiazole rings is 1. The number of anilines is 1. The highest BCUT2D eigenvalue weighted by Gasteiger charge is 2.20. The molecule has 0 bridgehead atoms. The van der Waals surface area contributed by atoms with Crippen LogP contribution < -0.4 is 5.32 Å². The normalized spacial score (nSPS) is 11.6. The summed E-state index contributed by atoms with van der Waals surface area (Å²) in [5.74, 6) is -0.271. The minimum atomic E-state index is -0.534. The van der Waals surface area contributed by atoms with Gasteiger partial charge in [-0.3, -0.25) is 14.9 Å². The summed E-state index contributed by atoms with van der Waals surface area (Å²) < 4.78 is 0. The van der Waals surface area contributed by atoms with E-state index in [1.165, 1.54) is 35.2 Å². The molecule has 0 radical (unpaired) electrons. The first-order valence-electron chi connectivity index (χ1n) is 11.5. The van der Waals surface area contributed by atoms with Crippen LogP contribution in [0, 0.1) is 10.1 Å². The Morgan fingerprint density at radius 1 is 0.895 bits per heavy atom. The van der Waals surface area contributed by atoms with Gasteiger partial charge in [-0.05, 0) is 6.92 Å². The van der Waals surface area contributed by atoms with E-state index in [1.807, 2.05) is 60.7 Å². The third-order valence-electron chi connectivity index (χ3n) is 5.50. The Bertz CT molecular complexity index is 1600. The average molecular weight is 541 g/mol. The Hall–Kier alpha value is -4.48. The third-order valence-corrected chi connectivity index (χ3v) is 7.21. The number of amides is 1. The molecule has 2 aromatic heterocycles. The summed E-state index contributed by atoms with van der Waals surface area (Å²) in [7, 11) is 0. The van der Waals surface area contributed by atoms with Gasteiger partial charge in [0.2, 0.25) is 11.1 Å². The molecule has 0 aliphatic rings. The van der Waals surface area contributed by atoms with Crippen molar-refractivity contribution in [2.45, 2.75) is 17.3 Å². The minimum Gasteiger partial charge on any atom is -0.301 e. The summed E-state index contributed by atoms with van der Waals surface area (Å²) in [5, 5.41) is 24.6. The zero-order chi connectivity index (χ0) is 26.5. The fourth-order valence-electron chi connectivity index (χ4n) is 3.61. The number of hydrogen-bond donors (Lipinski definition) is 1. The highest BCUT2D eigenvalue weighted by atomic mass is 32.2. The Kier molecular flexibility index (Phi) is 7.47. The molecule has 0 saturated carbocycles. The number of aromatic nitrogens is 4.